The number of fused-ring (bicyclic) bond motifs is 1. The van der Waals surface area contributed by atoms with Gasteiger partial charge in [-0.3, -0.25) is 9.29 Å². The lowest BCUT2D eigenvalue weighted by Crippen LogP contribution is -2.16. The summed E-state index contributed by atoms with van der Waals surface area (Å²) in [6.45, 7) is 1.91. The molecule has 0 saturated heterocycles. The number of hydrogen-bond donors (Lipinski definition) is 1. The number of methoxy groups -OCH3 is 1. The van der Waals surface area contributed by atoms with E-state index >= 15 is 0 Å². The van der Waals surface area contributed by atoms with E-state index in [-0.39, 0.29) is 17.0 Å². The van der Waals surface area contributed by atoms with Gasteiger partial charge in [0.2, 0.25) is 5.89 Å². The SMILES string of the molecule is COc1ccc(C)cc1NS(=O)(=O)c1ccc2c(c1)oc(=O)n2Cc1noc(C2CC2)n1. The van der Waals surface area contributed by atoms with Gasteiger partial charge in [-0.1, -0.05) is 11.2 Å². The first-order valence-corrected chi connectivity index (χ1v) is 11.5. The van der Waals surface area contributed by atoms with Crippen molar-refractivity contribution in [1.82, 2.24) is 14.7 Å². The van der Waals surface area contributed by atoms with E-state index in [2.05, 4.69) is 14.9 Å². The molecular formula is C21H20N4O6S. The number of oxazole rings is 1. The fraction of sp³-hybridized carbons (Fsp3) is 0.286. The lowest BCUT2D eigenvalue weighted by molar-refractivity contribution is 0.372. The molecule has 2 aromatic carbocycles. The first kappa shape index (κ1) is 20.3. The van der Waals surface area contributed by atoms with Gasteiger partial charge in [-0.2, -0.15) is 4.98 Å². The highest BCUT2D eigenvalue weighted by Crippen LogP contribution is 2.38. The van der Waals surface area contributed by atoms with Crippen LogP contribution in [0.5, 0.6) is 5.75 Å². The number of anilines is 1. The lowest BCUT2D eigenvalue weighted by Gasteiger charge is -2.12. The Bertz CT molecular complexity index is 1480. The molecule has 5 rings (SSSR count). The van der Waals surface area contributed by atoms with E-state index in [4.69, 9.17) is 13.7 Å². The maximum atomic E-state index is 13.0. The van der Waals surface area contributed by atoms with Crippen LogP contribution < -0.4 is 15.2 Å². The van der Waals surface area contributed by atoms with Gasteiger partial charge in [0.15, 0.2) is 11.4 Å². The summed E-state index contributed by atoms with van der Waals surface area (Å²) in [4.78, 5) is 16.7. The molecule has 0 spiro atoms. The summed E-state index contributed by atoms with van der Waals surface area (Å²) < 4.78 is 45.5. The van der Waals surface area contributed by atoms with Gasteiger partial charge >= 0.3 is 5.76 Å². The molecule has 11 heteroatoms. The van der Waals surface area contributed by atoms with Crippen molar-refractivity contribution in [2.75, 3.05) is 11.8 Å². The predicted molar refractivity (Wildman–Crippen MR) is 114 cm³/mol. The minimum Gasteiger partial charge on any atom is -0.495 e. The maximum Gasteiger partial charge on any atom is 0.420 e. The highest BCUT2D eigenvalue weighted by Gasteiger charge is 2.30. The molecule has 0 atom stereocenters. The highest BCUT2D eigenvalue weighted by atomic mass is 32.2. The first-order valence-electron chi connectivity index (χ1n) is 9.97. The topological polar surface area (TPSA) is 129 Å². The highest BCUT2D eigenvalue weighted by molar-refractivity contribution is 7.92. The van der Waals surface area contributed by atoms with Gasteiger partial charge in [0.25, 0.3) is 10.0 Å². The molecule has 0 bridgehead atoms. The maximum absolute atomic E-state index is 13.0. The molecule has 1 N–H and O–H groups in total. The van der Waals surface area contributed by atoms with E-state index in [0.29, 0.717) is 34.6 Å². The molecular weight excluding hydrogens is 436 g/mol. The molecule has 0 aliphatic heterocycles. The summed E-state index contributed by atoms with van der Waals surface area (Å²) in [5.41, 5.74) is 1.75. The van der Waals surface area contributed by atoms with Crippen molar-refractivity contribution in [3.05, 3.63) is 64.2 Å². The van der Waals surface area contributed by atoms with E-state index in [9.17, 15) is 13.2 Å². The third-order valence-corrected chi connectivity index (χ3v) is 6.62. The number of nitrogens with one attached hydrogen (secondary N) is 1. The molecule has 1 saturated carbocycles. The molecule has 0 radical (unpaired) electrons. The molecule has 10 nitrogen and oxygen atoms in total. The van der Waals surface area contributed by atoms with Crippen molar-refractivity contribution in [1.29, 1.82) is 0 Å². The molecule has 2 heterocycles. The summed E-state index contributed by atoms with van der Waals surface area (Å²) in [7, 11) is -2.50. The fourth-order valence-corrected chi connectivity index (χ4v) is 4.51. The van der Waals surface area contributed by atoms with E-state index in [0.717, 1.165) is 18.4 Å². The summed E-state index contributed by atoms with van der Waals surface area (Å²) in [6.07, 6.45) is 2.05. The first-order chi connectivity index (χ1) is 15.3. The van der Waals surface area contributed by atoms with E-state index in [1.54, 1.807) is 12.1 Å². The molecule has 32 heavy (non-hydrogen) atoms. The second-order valence-electron chi connectivity index (χ2n) is 7.72. The Kier molecular flexibility index (Phi) is 4.77. The number of ether oxygens (including phenoxy) is 1. The Labute approximate surface area is 182 Å². The van der Waals surface area contributed by atoms with Crippen LogP contribution in [0.15, 0.2) is 55.0 Å². The van der Waals surface area contributed by atoms with Crippen LogP contribution in [-0.2, 0) is 16.6 Å². The Morgan fingerprint density at radius 3 is 2.78 bits per heavy atom. The van der Waals surface area contributed by atoms with Crippen molar-refractivity contribution in [2.24, 2.45) is 0 Å². The minimum atomic E-state index is -3.96. The smallest absolute Gasteiger partial charge is 0.420 e. The molecule has 1 fully saturated rings. The third kappa shape index (κ3) is 3.75. The van der Waals surface area contributed by atoms with Crippen LogP contribution in [0.3, 0.4) is 0 Å². The number of aryl methyl sites for hydroxylation is 1. The predicted octanol–water partition coefficient (Wildman–Crippen LogP) is 3.02. The van der Waals surface area contributed by atoms with Crippen LogP contribution in [0.1, 0.15) is 36.0 Å². The number of benzene rings is 2. The Morgan fingerprint density at radius 2 is 2.03 bits per heavy atom. The van der Waals surface area contributed by atoms with Gasteiger partial charge < -0.3 is 13.7 Å². The zero-order chi connectivity index (χ0) is 22.5. The standard InChI is InChI=1S/C21H20N4O6S/c1-12-3-8-17(29-2)15(9-12)24-32(27,28)14-6-7-16-18(10-14)30-21(26)25(16)11-19-22-20(31-23-19)13-4-5-13/h3,6-10,13,24H,4-5,11H2,1-2H3. The van der Waals surface area contributed by atoms with Crippen LogP contribution in [0, 0.1) is 6.92 Å². The normalized spacial score (nSPS) is 14.1. The van der Waals surface area contributed by atoms with Gasteiger partial charge in [0.1, 0.15) is 5.75 Å². The number of sulfonamides is 1. The van der Waals surface area contributed by atoms with Crippen LogP contribution in [0.2, 0.25) is 0 Å². The molecule has 1 aliphatic rings. The number of rotatable bonds is 7. The zero-order valence-corrected chi connectivity index (χ0v) is 18.2. The van der Waals surface area contributed by atoms with Crippen molar-refractivity contribution in [3.8, 4) is 5.75 Å². The molecule has 4 aromatic rings. The van der Waals surface area contributed by atoms with Crippen molar-refractivity contribution in [2.45, 2.75) is 37.1 Å². The lowest BCUT2D eigenvalue weighted by atomic mass is 10.2. The zero-order valence-electron chi connectivity index (χ0n) is 17.4. The summed E-state index contributed by atoms with van der Waals surface area (Å²) in [5, 5.41) is 3.92. The van der Waals surface area contributed by atoms with Crippen molar-refractivity contribution >= 4 is 26.8 Å². The van der Waals surface area contributed by atoms with Crippen LogP contribution in [0.4, 0.5) is 5.69 Å². The molecule has 0 amide bonds. The summed E-state index contributed by atoms with van der Waals surface area (Å²) in [5.74, 6) is 0.999. The third-order valence-electron chi connectivity index (χ3n) is 5.26. The fourth-order valence-electron chi connectivity index (χ4n) is 3.44. The monoisotopic (exact) mass is 456 g/mol. The largest absolute Gasteiger partial charge is 0.495 e. The average Bonchev–Trinajstić information content (AvgIpc) is 3.42. The quantitative estimate of drug-likeness (QED) is 0.449. The van der Waals surface area contributed by atoms with Gasteiger partial charge in [-0.15, -0.1) is 0 Å². The molecule has 0 unspecified atom stereocenters. The van der Waals surface area contributed by atoms with Crippen LogP contribution in [0.25, 0.3) is 11.1 Å². The Hall–Kier alpha value is -3.60. The second-order valence-corrected chi connectivity index (χ2v) is 9.40. The number of nitrogens with zero attached hydrogens (tertiary/aromatic N) is 3. The summed E-state index contributed by atoms with van der Waals surface area (Å²) in [6, 6.07) is 9.41. The average molecular weight is 456 g/mol. The van der Waals surface area contributed by atoms with E-state index in [1.807, 2.05) is 13.0 Å². The molecule has 166 valence electrons. The van der Waals surface area contributed by atoms with Gasteiger partial charge in [0.05, 0.1) is 29.8 Å². The number of hydrogen-bond acceptors (Lipinski definition) is 8. The molecule has 1 aliphatic carbocycles. The van der Waals surface area contributed by atoms with Crippen molar-refractivity contribution in [3.63, 3.8) is 0 Å². The van der Waals surface area contributed by atoms with Crippen LogP contribution in [-0.4, -0.2) is 30.2 Å². The molecule has 2 aromatic heterocycles. The van der Waals surface area contributed by atoms with E-state index in [1.165, 1.54) is 29.9 Å². The van der Waals surface area contributed by atoms with Gasteiger partial charge in [-0.05, 0) is 49.6 Å². The van der Waals surface area contributed by atoms with Gasteiger partial charge in [0, 0.05) is 12.0 Å². The Morgan fingerprint density at radius 1 is 1.22 bits per heavy atom. The van der Waals surface area contributed by atoms with E-state index < -0.39 is 15.8 Å². The Balaban J connectivity index is 1.45. The second kappa shape index (κ2) is 7.52. The summed E-state index contributed by atoms with van der Waals surface area (Å²) >= 11 is 0. The van der Waals surface area contributed by atoms with Gasteiger partial charge in [-0.25, -0.2) is 13.2 Å². The minimum absolute atomic E-state index is 0.0509. The van der Waals surface area contributed by atoms with Crippen molar-refractivity contribution < 1.29 is 22.1 Å². The van der Waals surface area contributed by atoms with Crippen LogP contribution >= 0.6 is 0 Å². The number of aromatic nitrogens is 3.